The number of carboxylic acid groups (broad SMARTS) is 1. The number of hydrogen-bond donors (Lipinski definition) is 2. The number of halogens is 1. The Morgan fingerprint density at radius 1 is 1.32 bits per heavy atom. The van der Waals surface area contributed by atoms with Gasteiger partial charge in [0.1, 0.15) is 5.82 Å². The molecule has 6 nitrogen and oxygen atoms in total. The summed E-state index contributed by atoms with van der Waals surface area (Å²) >= 11 is 0. The number of rotatable bonds is 5. The van der Waals surface area contributed by atoms with Crippen molar-refractivity contribution in [2.45, 2.75) is 20.4 Å². The summed E-state index contributed by atoms with van der Waals surface area (Å²) in [5, 5.41) is 10.7. The van der Waals surface area contributed by atoms with Gasteiger partial charge in [-0.3, -0.25) is 4.79 Å². The Labute approximate surface area is 118 Å². The third kappa shape index (κ3) is 5.13. The van der Waals surface area contributed by atoms with Crippen molar-refractivity contribution in [3.8, 4) is 0 Å². The van der Waals surface area contributed by atoms with Gasteiger partial charge in [0, 0.05) is 25.8 Å². The second kappa shape index (κ2) is 8.31. The summed E-state index contributed by atoms with van der Waals surface area (Å²) in [6.45, 7) is 6.01. The lowest BCUT2D eigenvalue weighted by Gasteiger charge is -2.19. The second-order valence-electron chi connectivity index (χ2n) is 3.68. The first-order valence-electron chi connectivity index (χ1n) is 5.79. The molecule has 0 aliphatic heterocycles. The van der Waals surface area contributed by atoms with Gasteiger partial charge in [-0.2, -0.15) is 0 Å². The number of aliphatic carboxylic acids is 1. The molecule has 1 rings (SSSR count). The molecule has 0 bridgehead atoms. The fraction of sp³-hybridized carbons (Fsp3) is 0.417. The van der Waals surface area contributed by atoms with Gasteiger partial charge in [0.05, 0.1) is 0 Å². The minimum Gasteiger partial charge on any atom is -0.474 e. The maximum absolute atomic E-state index is 10.8. The topological polar surface area (TPSA) is 82.5 Å². The Morgan fingerprint density at radius 2 is 1.95 bits per heavy atom. The first-order valence-corrected chi connectivity index (χ1v) is 5.79. The Hall–Kier alpha value is -1.82. The minimum atomic E-state index is -1.48. The van der Waals surface area contributed by atoms with E-state index < -0.39 is 11.9 Å². The standard InChI is InChI=1S/C12H17N3O3.ClH/c1-3-15(4-2)10-6-5-9(7-13-10)8-14-11(16)12(17)18;/h5-7H,3-4,8H2,1-2H3,(H,14,16)(H,17,18);1H. The van der Waals surface area contributed by atoms with Crippen LogP contribution in [-0.2, 0) is 16.1 Å². The summed E-state index contributed by atoms with van der Waals surface area (Å²) in [4.78, 5) is 27.5. The Morgan fingerprint density at radius 3 is 2.37 bits per heavy atom. The van der Waals surface area contributed by atoms with Crippen molar-refractivity contribution in [3.05, 3.63) is 23.9 Å². The van der Waals surface area contributed by atoms with Crippen LogP contribution in [0, 0.1) is 0 Å². The van der Waals surface area contributed by atoms with Gasteiger partial charge in [-0.05, 0) is 25.5 Å². The summed E-state index contributed by atoms with van der Waals surface area (Å²) in [7, 11) is 0. The third-order valence-corrected chi connectivity index (χ3v) is 2.54. The van der Waals surface area contributed by atoms with Crippen LogP contribution in [-0.4, -0.2) is 35.1 Å². The monoisotopic (exact) mass is 287 g/mol. The Bertz CT molecular complexity index is 419. The van der Waals surface area contributed by atoms with E-state index in [1.165, 1.54) is 0 Å². The van der Waals surface area contributed by atoms with Crippen molar-refractivity contribution in [1.29, 1.82) is 0 Å². The molecule has 0 saturated carbocycles. The highest BCUT2D eigenvalue weighted by Gasteiger charge is 2.10. The van der Waals surface area contributed by atoms with Gasteiger partial charge in [0.2, 0.25) is 0 Å². The second-order valence-corrected chi connectivity index (χ2v) is 3.68. The van der Waals surface area contributed by atoms with E-state index in [4.69, 9.17) is 5.11 Å². The highest BCUT2D eigenvalue weighted by atomic mass is 35.5. The molecule has 106 valence electrons. The van der Waals surface area contributed by atoms with Crippen molar-refractivity contribution >= 4 is 30.1 Å². The maximum atomic E-state index is 10.8. The van der Waals surface area contributed by atoms with E-state index in [1.54, 1.807) is 6.20 Å². The number of nitrogens with one attached hydrogen (secondary N) is 1. The molecule has 1 heterocycles. The molecule has 0 aromatic carbocycles. The van der Waals surface area contributed by atoms with Gasteiger partial charge in [-0.25, -0.2) is 9.78 Å². The summed E-state index contributed by atoms with van der Waals surface area (Å²) in [5.74, 6) is -1.63. The fourth-order valence-corrected chi connectivity index (χ4v) is 1.51. The van der Waals surface area contributed by atoms with Gasteiger partial charge in [0.15, 0.2) is 0 Å². The van der Waals surface area contributed by atoms with Crippen LogP contribution >= 0.6 is 12.4 Å². The van der Waals surface area contributed by atoms with Crippen LogP contribution in [0.3, 0.4) is 0 Å². The molecule has 0 atom stereocenters. The largest absolute Gasteiger partial charge is 0.474 e. The van der Waals surface area contributed by atoms with E-state index in [1.807, 2.05) is 26.0 Å². The van der Waals surface area contributed by atoms with Crippen LogP contribution in [0.25, 0.3) is 0 Å². The molecule has 0 aliphatic rings. The van der Waals surface area contributed by atoms with Crippen LogP contribution in [0.4, 0.5) is 5.82 Å². The Balaban J connectivity index is 0.00000324. The molecule has 2 N–H and O–H groups in total. The quantitative estimate of drug-likeness (QED) is 0.791. The van der Waals surface area contributed by atoms with E-state index >= 15 is 0 Å². The predicted molar refractivity (Wildman–Crippen MR) is 74.5 cm³/mol. The van der Waals surface area contributed by atoms with E-state index in [0.717, 1.165) is 24.5 Å². The molecule has 1 amide bonds. The van der Waals surface area contributed by atoms with Crippen molar-refractivity contribution in [2.75, 3.05) is 18.0 Å². The molecule has 0 unspecified atom stereocenters. The van der Waals surface area contributed by atoms with Crippen molar-refractivity contribution in [3.63, 3.8) is 0 Å². The van der Waals surface area contributed by atoms with Gasteiger partial charge >= 0.3 is 11.9 Å². The van der Waals surface area contributed by atoms with Crippen molar-refractivity contribution < 1.29 is 14.7 Å². The number of carbonyl (C=O) groups excluding carboxylic acids is 1. The number of anilines is 1. The van der Waals surface area contributed by atoms with Crippen LogP contribution < -0.4 is 10.2 Å². The number of pyridine rings is 1. The van der Waals surface area contributed by atoms with Gasteiger partial charge in [0.25, 0.3) is 0 Å². The predicted octanol–water partition coefficient (Wildman–Crippen LogP) is 1.05. The zero-order valence-electron chi connectivity index (χ0n) is 10.9. The average molecular weight is 288 g/mol. The van der Waals surface area contributed by atoms with Crippen LogP contribution in [0.1, 0.15) is 19.4 Å². The van der Waals surface area contributed by atoms with Crippen LogP contribution in [0.5, 0.6) is 0 Å². The maximum Gasteiger partial charge on any atom is 0.394 e. The number of carboxylic acids is 1. The van der Waals surface area contributed by atoms with Crippen molar-refractivity contribution in [1.82, 2.24) is 10.3 Å². The smallest absolute Gasteiger partial charge is 0.394 e. The Kier molecular flexibility index (Phi) is 7.52. The molecular formula is C12H18ClN3O3. The molecule has 0 fully saturated rings. The first-order chi connectivity index (χ1) is 8.58. The molecule has 19 heavy (non-hydrogen) atoms. The van der Waals surface area contributed by atoms with Crippen molar-refractivity contribution in [2.24, 2.45) is 0 Å². The first kappa shape index (κ1) is 17.2. The number of nitrogens with zero attached hydrogens (tertiary/aromatic N) is 2. The van der Waals surface area contributed by atoms with Gasteiger partial charge in [-0.1, -0.05) is 6.07 Å². The molecule has 0 spiro atoms. The van der Waals surface area contributed by atoms with Crippen LogP contribution in [0.2, 0.25) is 0 Å². The number of carbonyl (C=O) groups is 2. The van der Waals surface area contributed by atoms with E-state index in [0.29, 0.717) is 0 Å². The highest BCUT2D eigenvalue weighted by Crippen LogP contribution is 2.10. The normalized spacial score (nSPS) is 9.37. The lowest BCUT2D eigenvalue weighted by Crippen LogP contribution is -2.30. The fourth-order valence-electron chi connectivity index (χ4n) is 1.51. The molecular weight excluding hydrogens is 270 g/mol. The summed E-state index contributed by atoms with van der Waals surface area (Å²) in [6.07, 6.45) is 1.63. The van der Waals surface area contributed by atoms with E-state index in [9.17, 15) is 9.59 Å². The van der Waals surface area contributed by atoms with Gasteiger partial charge in [-0.15, -0.1) is 12.4 Å². The number of amides is 1. The average Bonchev–Trinajstić information content (AvgIpc) is 2.38. The third-order valence-electron chi connectivity index (χ3n) is 2.54. The number of aromatic nitrogens is 1. The minimum absolute atomic E-state index is 0. The lowest BCUT2D eigenvalue weighted by atomic mass is 10.2. The molecule has 1 aromatic heterocycles. The molecule has 0 aliphatic carbocycles. The zero-order valence-corrected chi connectivity index (χ0v) is 11.7. The zero-order chi connectivity index (χ0) is 13.5. The van der Waals surface area contributed by atoms with Gasteiger partial charge < -0.3 is 15.3 Å². The molecule has 1 aromatic rings. The summed E-state index contributed by atoms with van der Waals surface area (Å²) < 4.78 is 0. The summed E-state index contributed by atoms with van der Waals surface area (Å²) in [5.41, 5.74) is 0.764. The lowest BCUT2D eigenvalue weighted by molar-refractivity contribution is -0.150. The van der Waals surface area contributed by atoms with E-state index in [-0.39, 0.29) is 19.0 Å². The molecule has 0 radical (unpaired) electrons. The SMILES string of the molecule is CCN(CC)c1ccc(CNC(=O)C(=O)O)cn1.Cl. The van der Waals surface area contributed by atoms with Crippen LogP contribution in [0.15, 0.2) is 18.3 Å². The highest BCUT2D eigenvalue weighted by molar-refractivity contribution is 6.31. The number of hydrogen-bond acceptors (Lipinski definition) is 4. The molecule has 7 heteroatoms. The van der Waals surface area contributed by atoms with E-state index in [2.05, 4.69) is 15.2 Å². The summed E-state index contributed by atoms with van der Waals surface area (Å²) in [6, 6.07) is 3.68. The molecule has 0 saturated heterocycles.